The summed E-state index contributed by atoms with van der Waals surface area (Å²) in [6.45, 7) is 4.23. The van der Waals surface area contributed by atoms with Gasteiger partial charge in [0.25, 0.3) is 0 Å². The molecular weight excluding hydrogens is 824 g/mol. The molecule has 10 rings (SSSR count). The third-order valence-corrected chi connectivity index (χ3v) is 11.7. The normalized spacial score (nSPS) is 12.6. The summed E-state index contributed by atoms with van der Waals surface area (Å²) in [7, 11) is 0. The zero-order chi connectivity index (χ0) is 38.5. The number of hydrogen-bond acceptors (Lipinski definition) is 2. The van der Waals surface area contributed by atoms with Crippen LogP contribution in [0.1, 0.15) is 56.3 Å². The number of rotatable bonds is 6. The van der Waals surface area contributed by atoms with Gasteiger partial charge in [0.15, 0.2) is 0 Å². The molecular formula is C48H38Br2N4O2. The van der Waals surface area contributed by atoms with Crippen molar-refractivity contribution in [2.75, 3.05) is 0 Å². The van der Waals surface area contributed by atoms with Crippen LogP contribution in [0.15, 0.2) is 155 Å². The predicted octanol–water partition coefficient (Wildman–Crippen LogP) is 13.2. The van der Waals surface area contributed by atoms with Crippen molar-refractivity contribution in [3.63, 3.8) is 0 Å². The summed E-state index contributed by atoms with van der Waals surface area (Å²) in [6, 6.07) is 40.9. The first-order valence-electron chi connectivity index (χ1n) is 18.5. The first kappa shape index (κ1) is 35.7. The number of nitrogens with one attached hydrogen (secondary N) is 4. The van der Waals surface area contributed by atoms with Crippen molar-refractivity contribution >= 4 is 75.5 Å². The number of hydrogen-bond donors (Lipinski definition) is 6. The van der Waals surface area contributed by atoms with Crippen LogP contribution in [0, 0.1) is 13.8 Å². The third-order valence-electron chi connectivity index (χ3n) is 10.7. The molecule has 10 aromatic rings. The summed E-state index contributed by atoms with van der Waals surface area (Å²) >= 11 is 7.25. The van der Waals surface area contributed by atoms with Crippen molar-refractivity contribution in [1.82, 2.24) is 19.9 Å². The molecule has 2 atom stereocenters. The predicted molar refractivity (Wildman–Crippen MR) is 236 cm³/mol. The zero-order valence-electron chi connectivity index (χ0n) is 30.7. The van der Waals surface area contributed by atoms with E-state index in [9.17, 15) is 10.2 Å². The molecule has 0 aliphatic rings. The summed E-state index contributed by atoms with van der Waals surface area (Å²) < 4.78 is 2.11. The standard InChI is InChI=1S/2C24H19BrN2O/c1-14-5-7-22-18(9-14)20(12-26-22)24(15-3-2-4-16(25)10-15)21-13-27-23-8-6-17(28)11-19(21)23;1-14-5-7-18-20(12-26-22(18)9-14)24(15-3-2-4-16(25)10-15)21-13-27-23-11-17(28)6-8-19(21)23/h2*2-13,24,26-28H,1H3. The largest absolute Gasteiger partial charge is 0.508 e. The Hall–Kier alpha value is -5.96. The highest BCUT2D eigenvalue weighted by molar-refractivity contribution is 9.10. The summed E-state index contributed by atoms with van der Waals surface area (Å²) in [5.74, 6) is 0.634. The van der Waals surface area contributed by atoms with Gasteiger partial charge in [-0.2, -0.15) is 0 Å². The van der Waals surface area contributed by atoms with Crippen molar-refractivity contribution in [1.29, 1.82) is 0 Å². The first-order chi connectivity index (χ1) is 27.2. The summed E-state index contributed by atoms with van der Waals surface area (Å²) in [5.41, 5.74) is 13.9. The van der Waals surface area contributed by atoms with Crippen LogP contribution in [0.25, 0.3) is 43.6 Å². The molecule has 0 spiro atoms. The fourth-order valence-corrected chi connectivity index (χ4v) is 9.00. The number of phenolic OH excluding ortho intramolecular Hbond substituents is 2. The maximum atomic E-state index is 10.1. The van der Waals surface area contributed by atoms with Crippen molar-refractivity contribution < 1.29 is 10.2 Å². The van der Waals surface area contributed by atoms with E-state index in [2.05, 4.69) is 163 Å². The lowest BCUT2D eigenvalue weighted by molar-refractivity contribution is 0.475. The SMILES string of the molecule is Cc1ccc2[nH]cc(C(c3cccc(Br)c3)c3c[nH]c4ccc(O)cc34)c2c1.Cc1ccc2c(C(c3cccc(Br)c3)c3c[nH]c4cc(O)ccc34)c[nH]c2c1. The van der Waals surface area contributed by atoms with E-state index >= 15 is 0 Å². The molecule has 4 aromatic heterocycles. The number of H-pyrrole nitrogens is 4. The van der Waals surface area contributed by atoms with Gasteiger partial charge in [0.05, 0.1) is 0 Å². The molecule has 0 amide bonds. The average Bonchev–Trinajstić information content (AvgIpc) is 3.99. The monoisotopic (exact) mass is 860 g/mol. The second-order valence-electron chi connectivity index (χ2n) is 14.5. The first-order valence-corrected chi connectivity index (χ1v) is 20.0. The third kappa shape index (κ3) is 6.69. The van der Waals surface area contributed by atoms with Crippen LogP contribution in [0.5, 0.6) is 11.5 Å². The van der Waals surface area contributed by atoms with Gasteiger partial charge in [-0.05, 0) is 126 Å². The molecule has 56 heavy (non-hydrogen) atoms. The van der Waals surface area contributed by atoms with E-state index in [1.54, 1.807) is 18.2 Å². The lowest BCUT2D eigenvalue weighted by Crippen LogP contribution is -2.02. The Bertz CT molecular complexity index is 2880. The number of aromatic nitrogens is 4. The molecule has 0 bridgehead atoms. The Morgan fingerprint density at radius 2 is 0.839 bits per heavy atom. The van der Waals surface area contributed by atoms with E-state index < -0.39 is 0 Å². The van der Waals surface area contributed by atoms with Gasteiger partial charge in [0.2, 0.25) is 0 Å². The fraction of sp³-hybridized carbons (Fsp3) is 0.0833. The van der Waals surface area contributed by atoms with E-state index in [1.807, 2.05) is 30.3 Å². The topological polar surface area (TPSA) is 104 Å². The lowest BCUT2D eigenvalue weighted by Gasteiger charge is -2.18. The van der Waals surface area contributed by atoms with Crippen LogP contribution >= 0.6 is 31.9 Å². The summed E-state index contributed by atoms with van der Waals surface area (Å²) in [5, 5.41) is 24.5. The molecule has 0 radical (unpaired) electrons. The van der Waals surface area contributed by atoms with Crippen LogP contribution < -0.4 is 0 Å². The van der Waals surface area contributed by atoms with E-state index in [1.165, 1.54) is 49.7 Å². The minimum Gasteiger partial charge on any atom is -0.508 e. The smallest absolute Gasteiger partial charge is 0.117 e. The molecule has 4 heterocycles. The van der Waals surface area contributed by atoms with Gasteiger partial charge in [0, 0.05) is 95.2 Å². The summed E-state index contributed by atoms with van der Waals surface area (Å²) in [6.07, 6.45) is 8.35. The van der Waals surface area contributed by atoms with Gasteiger partial charge in [-0.1, -0.05) is 79.9 Å². The number of aryl methyl sites for hydroxylation is 2. The highest BCUT2D eigenvalue weighted by Crippen LogP contribution is 2.42. The second kappa shape index (κ2) is 14.6. The number of benzene rings is 6. The molecule has 6 nitrogen and oxygen atoms in total. The van der Waals surface area contributed by atoms with E-state index in [0.29, 0.717) is 0 Å². The van der Waals surface area contributed by atoms with Crippen LogP contribution in [0.4, 0.5) is 0 Å². The molecule has 0 saturated heterocycles. The maximum absolute atomic E-state index is 10.1. The van der Waals surface area contributed by atoms with Crippen LogP contribution in [-0.4, -0.2) is 30.1 Å². The van der Waals surface area contributed by atoms with Gasteiger partial charge in [-0.25, -0.2) is 0 Å². The van der Waals surface area contributed by atoms with Gasteiger partial charge < -0.3 is 30.1 Å². The minimum absolute atomic E-state index is 0.0311. The molecule has 0 aliphatic heterocycles. The molecule has 6 aromatic carbocycles. The lowest BCUT2D eigenvalue weighted by atomic mass is 9.84. The van der Waals surface area contributed by atoms with Gasteiger partial charge in [-0.15, -0.1) is 0 Å². The maximum Gasteiger partial charge on any atom is 0.117 e. The molecule has 276 valence electrons. The number of phenols is 2. The van der Waals surface area contributed by atoms with Crippen molar-refractivity contribution in [3.8, 4) is 11.5 Å². The Labute approximate surface area is 340 Å². The van der Waals surface area contributed by atoms with Crippen molar-refractivity contribution in [2.45, 2.75) is 25.7 Å². The van der Waals surface area contributed by atoms with Crippen molar-refractivity contribution in [3.05, 3.63) is 200 Å². The molecule has 0 aliphatic carbocycles. The van der Waals surface area contributed by atoms with Crippen LogP contribution in [0.2, 0.25) is 0 Å². The summed E-state index contributed by atoms with van der Waals surface area (Å²) in [4.78, 5) is 13.6. The van der Waals surface area contributed by atoms with E-state index in [-0.39, 0.29) is 23.3 Å². The number of halogens is 2. The van der Waals surface area contributed by atoms with Gasteiger partial charge in [-0.3, -0.25) is 0 Å². The fourth-order valence-electron chi connectivity index (χ4n) is 8.17. The Balaban J connectivity index is 0.000000146. The number of fused-ring (bicyclic) bond motifs is 4. The molecule has 8 heteroatoms. The van der Waals surface area contributed by atoms with E-state index in [0.717, 1.165) is 47.3 Å². The highest BCUT2D eigenvalue weighted by Gasteiger charge is 2.25. The zero-order valence-corrected chi connectivity index (χ0v) is 33.8. The molecule has 2 unspecified atom stereocenters. The molecule has 0 saturated carbocycles. The van der Waals surface area contributed by atoms with Crippen LogP contribution in [0.3, 0.4) is 0 Å². The average molecular weight is 863 g/mol. The number of aromatic amines is 4. The molecule has 6 N–H and O–H groups in total. The van der Waals surface area contributed by atoms with Crippen LogP contribution in [-0.2, 0) is 0 Å². The van der Waals surface area contributed by atoms with Gasteiger partial charge >= 0.3 is 0 Å². The Morgan fingerprint density at radius 1 is 0.411 bits per heavy atom. The number of aromatic hydroxyl groups is 2. The molecule has 0 fully saturated rings. The van der Waals surface area contributed by atoms with Crippen molar-refractivity contribution in [2.24, 2.45) is 0 Å². The highest BCUT2D eigenvalue weighted by atomic mass is 79.9. The van der Waals surface area contributed by atoms with E-state index in [4.69, 9.17) is 0 Å². The second-order valence-corrected chi connectivity index (χ2v) is 16.3. The quantitative estimate of drug-likeness (QED) is 0.100. The Morgan fingerprint density at radius 3 is 1.43 bits per heavy atom. The van der Waals surface area contributed by atoms with Gasteiger partial charge in [0.1, 0.15) is 11.5 Å². The Kier molecular flexibility index (Phi) is 9.31. The minimum atomic E-state index is 0.0311.